The second kappa shape index (κ2) is 8.70. The van der Waals surface area contributed by atoms with Gasteiger partial charge in [0.2, 0.25) is 5.91 Å². The first-order valence-electron chi connectivity index (χ1n) is 10.3. The Morgan fingerprint density at radius 3 is 2.67 bits per heavy atom. The Morgan fingerprint density at radius 1 is 1.26 bits per heavy atom. The van der Waals surface area contributed by atoms with E-state index in [1.165, 1.54) is 6.07 Å². The van der Waals surface area contributed by atoms with E-state index in [4.69, 9.17) is 0 Å². The molecule has 1 saturated heterocycles. The van der Waals surface area contributed by atoms with Gasteiger partial charge in [0.15, 0.2) is 0 Å². The largest absolute Gasteiger partial charge is 0.341 e. The zero-order valence-corrected chi connectivity index (χ0v) is 17.1. The summed E-state index contributed by atoms with van der Waals surface area (Å²) in [4.78, 5) is 19.6. The van der Waals surface area contributed by atoms with Crippen LogP contribution in [0.15, 0.2) is 24.3 Å². The highest BCUT2D eigenvalue weighted by molar-refractivity contribution is 5.84. The number of likely N-dealkylation sites (tertiary alicyclic amines) is 1. The molecule has 0 bridgehead atoms. The van der Waals surface area contributed by atoms with Crippen LogP contribution in [0.5, 0.6) is 0 Å². The summed E-state index contributed by atoms with van der Waals surface area (Å²) in [6.45, 7) is 7.23. The summed E-state index contributed by atoms with van der Waals surface area (Å²) in [6.07, 6.45) is 4.31. The molecule has 0 spiro atoms. The number of hydrogen-bond acceptors (Lipinski definition) is 3. The lowest BCUT2D eigenvalue weighted by Crippen LogP contribution is -2.46. The van der Waals surface area contributed by atoms with Gasteiger partial charge in [-0.05, 0) is 58.3 Å². The zero-order valence-electron chi connectivity index (χ0n) is 17.1. The molecule has 1 aliphatic heterocycles. The molecule has 1 aromatic rings. The lowest BCUT2D eigenvalue weighted by Gasteiger charge is -2.37. The minimum absolute atomic E-state index is 0.117. The summed E-state index contributed by atoms with van der Waals surface area (Å²) >= 11 is 0. The maximum atomic E-state index is 14.0. The van der Waals surface area contributed by atoms with Crippen LogP contribution in [0.1, 0.15) is 38.2 Å². The van der Waals surface area contributed by atoms with Crippen molar-refractivity contribution in [3.05, 3.63) is 35.6 Å². The van der Waals surface area contributed by atoms with Crippen molar-refractivity contribution in [1.82, 2.24) is 14.7 Å². The zero-order chi connectivity index (χ0) is 19.4. The van der Waals surface area contributed by atoms with E-state index >= 15 is 0 Å². The fourth-order valence-corrected chi connectivity index (χ4v) is 4.00. The first-order chi connectivity index (χ1) is 12.9. The normalized spacial score (nSPS) is 22.0. The van der Waals surface area contributed by atoms with Crippen LogP contribution in [0.3, 0.4) is 0 Å². The van der Waals surface area contributed by atoms with Gasteiger partial charge in [-0.25, -0.2) is 4.39 Å². The van der Waals surface area contributed by atoms with E-state index in [0.717, 1.165) is 64.0 Å². The third-order valence-electron chi connectivity index (χ3n) is 6.05. The first kappa shape index (κ1) is 20.3. The van der Waals surface area contributed by atoms with Gasteiger partial charge in [0, 0.05) is 43.7 Å². The molecule has 1 aliphatic carbocycles. The summed E-state index contributed by atoms with van der Waals surface area (Å²) in [5.41, 5.74) is 0.651. The van der Waals surface area contributed by atoms with E-state index in [0.29, 0.717) is 18.4 Å². The van der Waals surface area contributed by atoms with Gasteiger partial charge in [-0.15, -0.1) is 0 Å². The number of amides is 1. The Morgan fingerprint density at radius 2 is 2.00 bits per heavy atom. The fourth-order valence-electron chi connectivity index (χ4n) is 4.00. The number of nitrogens with zero attached hydrogens (tertiary/aromatic N) is 3. The van der Waals surface area contributed by atoms with Gasteiger partial charge in [0.1, 0.15) is 5.82 Å². The van der Waals surface area contributed by atoms with Crippen LogP contribution in [0.4, 0.5) is 4.39 Å². The van der Waals surface area contributed by atoms with Crippen LogP contribution in [0.25, 0.3) is 0 Å². The van der Waals surface area contributed by atoms with Crippen LogP contribution < -0.4 is 0 Å². The van der Waals surface area contributed by atoms with Gasteiger partial charge in [-0.3, -0.25) is 9.69 Å². The maximum Gasteiger partial charge on any atom is 0.228 e. The van der Waals surface area contributed by atoms with Gasteiger partial charge in [0.05, 0.1) is 0 Å². The Bertz CT molecular complexity index is 644. The van der Waals surface area contributed by atoms with Crippen molar-refractivity contribution in [2.45, 2.75) is 39.2 Å². The van der Waals surface area contributed by atoms with Crippen molar-refractivity contribution >= 4 is 5.91 Å². The lowest BCUT2D eigenvalue weighted by atomic mass is 9.96. The Kier molecular flexibility index (Phi) is 6.53. The number of likely N-dealkylation sites (N-methyl/N-ethyl adjacent to an activating group) is 1. The summed E-state index contributed by atoms with van der Waals surface area (Å²) in [5, 5.41) is 0. The van der Waals surface area contributed by atoms with Crippen LogP contribution in [0.2, 0.25) is 0 Å². The molecule has 3 rings (SSSR count). The highest BCUT2D eigenvalue weighted by Crippen LogP contribution is 2.46. The van der Waals surface area contributed by atoms with E-state index in [2.05, 4.69) is 35.7 Å². The van der Waals surface area contributed by atoms with E-state index in [1.807, 2.05) is 12.1 Å². The Labute approximate surface area is 163 Å². The molecule has 2 aliphatic rings. The SMILES string of the molecule is CN(C)CCN(CC1CCCN(Cc2ccccc2F)C1)C(=O)C1(C)CC1. The molecule has 4 nitrogen and oxygen atoms in total. The summed E-state index contributed by atoms with van der Waals surface area (Å²) in [7, 11) is 4.11. The third kappa shape index (κ3) is 5.52. The molecule has 0 radical (unpaired) electrons. The monoisotopic (exact) mass is 375 g/mol. The average Bonchev–Trinajstić information content (AvgIpc) is 3.39. The van der Waals surface area contributed by atoms with E-state index in [1.54, 1.807) is 6.07 Å². The van der Waals surface area contributed by atoms with Crippen molar-refractivity contribution < 1.29 is 9.18 Å². The minimum Gasteiger partial charge on any atom is -0.341 e. The van der Waals surface area contributed by atoms with Gasteiger partial charge in [0.25, 0.3) is 0 Å². The van der Waals surface area contributed by atoms with Crippen LogP contribution in [0, 0.1) is 17.2 Å². The quantitative estimate of drug-likeness (QED) is 0.698. The molecule has 5 heteroatoms. The standard InChI is InChI=1S/C22H34FN3O/c1-22(10-11-22)21(27)26(14-13-24(2)3)16-18-7-6-12-25(15-18)17-19-8-4-5-9-20(19)23/h4-5,8-9,18H,6-7,10-17H2,1-3H3. The molecule has 0 N–H and O–H groups in total. The maximum absolute atomic E-state index is 14.0. The number of halogens is 1. The smallest absolute Gasteiger partial charge is 0.228 e. The van der Waals surface area contributed by atoms with E-state index in [-0.39, 0.29) is 11.2 Å². The number of piperidine rings is 1. The number of hydrogen-bond donors (Lipinski definition) is 0. The molecule has 1 aromatic carbocycles. The number of rotatable bonds is 8. The molecule has 0 aromatic heterocycles. The number of carbonyl (C=O) groups excluding carboxylic acids is 1. The summed E-state index contributed by atoms with van der Waals surface area (Å²) < 4.78 is 14.0. The van der Waals surface area contributed by atoms with Gasteiger partial charge < -0.3 is 9.80 Å². The van der Waals surface area contributed by atoms with Gasteiger partial charge >= 0.3 is 0 Å². The summed E-state index contributed by atoms with van der Waals surface area (Å²) in [5.74, 6) is 0.679. The molecule has 2 fully saturated rings. The van der Waals surface area contributed by atoms with Crippen molar-refractivity contribution in [1.29, 1.82) is 0 Å². The predicted molar refractivity (Wildman–Crippen MR) is 107 cm³/mol. The van der Waals surface area contributed by atoms with Crippen molar-refractivity contribution in [3.63, 3.8) is 0 Å². The van der Waals surface area contributed by atoms with Gasteiger partial charge in [-0.1, -0.05) is 25.1 Å². The third-order valence-corrected chi connectivity index (χ3v) is 6.05. The second-order valence-corrected chi connectivity index (χ2v) is 8.95. The second-order valence-electron chi connectivity index (χ2n) is 8.95. The van der Waals surface area contributed by atoms with E-state index in [9.17, 15) is 9.18 Å². The Balaban J connectivity index is 1.59. The van der Waals surface area contributed by atoms with Crippen LogP contribution in [-0.2, 0) is 11.3 Å². The average molecular weight is 376 g/mol. The fraction of sp³-hybridized carbons (Fsp3) is 0.682. The van der Waals surface area contributed by atoms with Crippen LogP contribution >= 0.6 is 0 Å². The minimum atomic E-state index is -0.121. The molecular weight excluding hydrogens is 341 g/mol. The predicted octanol–water partition coefficient (Wildman–Crippen LogP) is 3.23. The van der Waals surface area contributed by atoms with Gasteiger partial charge in [-0.2, -0.15) is 0 Å². The highest BCUT2D eigenvalue weighted by atomic mass is 19.1. The molecule has 27 heavy (non-hydrogen) atoms. The van der Waals surface area contributed by atoms with Crippen molar-refractivity contribution in [2.24, 2.45) is 11.3 Å². The molecule has 1 heterocycles. The molecule has 1 atom stereocenters. The van der Waals surface area contributed by atoms with Crippen LogP contribution in [-0.4, -0.2) is 67.4 Å². The highest BCUT2D eigenvalue weighted by Gasteiger charge is 2.47. The molecule has 1 unspecified atom stereocenters. The molecule has 1 saturated carbocycles. The molecule has 150 valence electrons. The molecule has 1 amide bonds. The topological polar surface area (TPSA) is 26.8 Å². The van der Waals surface area contributed by atoms with Crippen molar-refractivity contribution in [3.8, 4) is 0 Å². The van der Waals surface area contributed by atoms with Crippen molar-refractivity contribution in [2.75, 3.05) is 46.8 Å². The summed E-state index contributed by atoms with van der Waals surface area (Å²) in [6, 6.07) is 7.05. The number of benzene rings is 1. The number of carbonyl (C=O) groups is 1. The lowest BCUT2D eigenvalue weighted by molar-refractivity contribution is -0.137. The first-order valence-corrected chi connectivity index (χ1v) is 10.3. The molecular formula is C22H34FN3O. The Hall–Kier alpha value is -1.46. The van der Waals surface area contributed by atoms with E-state index < -0.39 is 0 Å².